The minimum Gasteiger partial charge on any atom is -0.456 e. The maximum absolute atomic E-state index is 14.9. The van der Waals surface area contributed by atoms with Crippen LogP contribution in [-0.4, -0.2) is 35.7 Å². The third kappa shape index (κ3) is 3.82. The van der Waals surface area contributed by atoms with E-state index in [0.717, 1.165) is 12.3 Å². The lowest BCUT2D eigenvalue weighted by molar-refractivity contribution is 0.00554. The van der Waals surface area contributed by atoms with E-state index in [2.05, 4.69) is 9.98 Å². The first-order valence-electron chi connectivity index (χ1n) is 8.40. The Kier molecular flexibility index (Phi) is 5.60. The molecule has 148 valence electrons. The molecule has 28 heavy (non-hydrogen) atoms. The molecule has 0 spiro atoms. The molecule has 9 heteroatoms. The molecule has 0 bridgehead atoms. The van der Waals surface area contributed by atoms with Gasteiger partial charge in [-0.25, -0.2) is 18.2 Å². The van der Waals surface area contributed by atoms with Crippen LogP contribution in [0, 0.1) is 5.82 Å². The molecule has 3 atom stereocenters. The molecule has 5 nitrogen and oxygen atoms in total. The van der Waals surface area contributed by atoms with E-state index in [1.807, 2.05) is 0 Å². The van der Waals surface area contributed by atoms with E-state index in [-0.39, 0.29) is 34.5 Å². The molecule has 1 aromatic heterocycles. The third-order valence-corrected chi connectivity index (χ3v) is 4.91. The van der Waals surface area contributed by atoms with Crippen LogP contribution in [0.15, 0.2) is 41.5 Å². The van der Waals surface area contributed by atoms with Crippen LogP contribution in [0.2, 0.25) is 5.02 Å². The SMILES string of the molecule is C[C@]1(c2cc(CC(=O)c3ccc(F)cn3)ccc2Cl)N=C(N)O[C@H](CF)[C@@H]1F. The molecule has 0 saturated heterocycles. The van der Waals surface area contributed by atoms with Gasteiger partial charge in [-0.1, -0.05) is 23.7 Å². The Balaban J connectivity index is 1.94. The number of hydrogen-bond acceptors (Lipinski definition) is 5. The summed E-state index contributed by atoms with van der Waals surface area (Å²) >= 11 is 6.24. The Bertz CT molecular complexity index is 923. The van der Waals surface area contributed by atoms with Gasteiger partial charge in [0.25, 0.3) is 6.02 Å². The van der Waals surface area contributed by atoms with E-state index in [1.165, 1.54) is 25.1 Å². The van der Waals surface area contributed by atoms with Crippen molar-refractivity contribution in [2.24, 2.45) is 10.7 Å². The normalized spacial score (nSPS) is 24.4. The van der Waals surface area contributed by atoms with Crippen molar-refractivity contribution in [1.29, 1.82) is 0 Å². The number of ether oxygens (including phenoxy) is 1. The molecule has 2 N–H and O–H groups in total. The second kappa shape index (κ2) is 7.79. The van der Waals surface area contributed by atoms with Gasteiger partial charge in [0.1, 0.15) is 23.7 Å². The van der Waals surface area contributed by atoms with Crippen molar-refractivity contribution in [2.75, 3.05) is 6.67 Å². The number of carbonyl (C=O) groups excluding carboxylic acids is 1. The zero-order chi connectivity index (χ0) is 20.5. The van der Waals surface area contributed by atoms with Crippen molar-refractivity contribution in [3.63, 3.8) is 0 Å². The predicted molar refractivity (Wildman–Crippen MR) is 98.4 cm³/mol. The lowest BCUT2D eigenvalue weighted by atomic mass is 9.83. The Morgan fingerprint density at radius 3 is 2.75 bits per heavy atom. The Morgan fingerprint density at radius 2 is 2.11 bits per heavy atom. The molecular weight excluding hydrogens is 395 g/mol. The van der Waals surface area contributed by atoms with Crippen molar-refractivity contribution in [3.05, 3.63) is 64.2 Å². The van der Waals surface area contributed by atoms with Gasteiger partial charge in [-0.15, -0.1) is 0 Å². The number of rotatable bonds is 5. The van der Waals surface area contributed by atoms with Gasteiger partial charge in [-0.2, -0.15) is 0 Å². The third-order valence-electron chi connectivity index (χ3n) is 4.58. The molecule has 2 heterocycles. The minimum absolute atomic E-state index is 0.0714. The number of Topliss-reactive ketones (excluding diaryl/α,β-unsaturated/α-hetero) is 1. The van der Waals surface area contributed by atoms with Crippen molar-refractivity contribution in [3.8, 4) is 0 Å². The summed E-state index contributed by atoms with van der Waals surface area (Å²) in [6, 6.07) is 6.70. The highest BCUT2D eigenvalue weighted by Crippen LogP contribution is 2.40. The summed E-state index contributed by atoms with van der Waals surface area (Å²) in [5, 5.41) is 0.192. The van der Waals surface area contributed by atoms with E-state index in [1.54, 1.807) is 6.07 Å². The maximum Gasteiger partial charge on any atom is 0.283 e. The Labute approximate surface area is 164 Å². The van der Waals surface area contributed by atoms with Crippen LogP contribution in [0.1, 0.15) is 28.5 Å². The van der Waals surface area contributed by atoms with Gasteiger partial charge in [0.05, 0.1) is 6.20 Å². The Hall–Kier alpha value is -2.61. The van der Waals surface area contributed by atoms with E-state index in [4.69, 9.17) is 22.1 Å². The van der Waals surface area contributed by atoms with Crippen LogP contribution in [0.25, 0.3) is 0 Å². The molecule has 3 rings (SSSR count). The zero-order valence-corrected chi connectivity index (χ0v) is 15.6. The highest BCUT2D eigenvalue weighted by molar-refractivity contribution is 6.31. The molecule has 1 aliphatic heterocycles. The van der Waals surface area contributed by atoms with Crippen LogP contribution < -0.4 is 5.73 Å². The van der Waals surface area contributed by atoms with Gasteiger partial charge in [-0.3, -0.25) is 9.78 Å². The zero-order valence-electron chi connectivity index (χ0n) is 14.8. The smallest absolute Gasteiger partial charge is 0.283 e. The number of hydrogen-bond donors (Lipinski definition) is 1. The van der Waals surface area contributed by atoms with Crippen LogP contribution in [0.4, 0.5) is 13.2 Å². The number of aromatic nitrogens is 1. The number of aliphatic imine (C=N–C) groups is 1. The van der Waals surface area contributed by atoms with Crippen molar-refractivity contribution in [1.82, 2.24) is 4.98 Å². The van der Waals surface area contributed by atoms with E-state index < -0.39 is 30.3 Å². The molecule has 2 aromatic rings. The van der Waals surface area contributed by atoms with Crippen LogP contribution >= 0.6 is 11.6 Å². The number of amidine groups is 1. The molecule has 0 aliphatic carbocycles. The second-order valence-electron chi connectivity index (χ2n) is 6.59. The fraction of sp³-hybridized carbons (Fsp3) is 0.316. The first-order valence-corrected chi connectivity index (χ1v) is 8.78. The lowest BCUT2D eigenvalue weighted by Gasteiger charge is -2.38. The molecular formula is C19H17ClF3N3O2. The van der Waals surface area contributed by atoms with Gasteiger partial charge < -0.3 is 10.5 Å². The molecule has 0 saturated carbocycles. The summed E-state index contributed by atoms with van der Waals surface area (Å²) in [5.41, 5.74) is 4.88. The van der Waals surface area contributed by atoms with Gasteiger partial charge in [0.15, 0.2) is 18.1 Å². The maximum atomic E-state index is 14.9. The Morgan fingerprint density at radius 1 is 1.36 bits per heavy atom. The fourth-order valence-electron chi connectivity index (χ4n) is 3.10. The molecule has 0 fully saturated rings. The average molecular weight is 412 g/mol. The lowest BCUT2D eigenvalue weighted by Crippen LogP contribution is -2.50. The number of nitrogens with zero attached hydrogens (tertiary/aromatic N) is 2. The topological polar surface area (TPSA) is 77.6 Å². The number of alkyl halides is 2. The van der Waals surface area contributed by atoms with E-state index in [9.17, 15) is 18.0 Å². The van der Waals surface area contributed by atoms with Crippen LogP contribution in [0.3, 0.4) is 0 Å². The van der Waals surface area contributed by atoms with Crippen molar-refractivity contribution in [2.45, 2.75) is 31.2 Å². The summed E-state index contributed by atoms with van der Waals surface area (Å²) in [4.78, 5) is 20.2. The summed E-state index contributed by atoms with van der Waals surface area (Å²) in [6.07, 6.45) is -2.37. The number of nitrogens with two attached hydrogens (primary N) is 1. The molecule has 0 amide bonds. The fourth-order valence-corrected chi connectivity index (χ4v) is 3.41. The number of halogens is 4. The summed E-state index contributed by atoms with van der Waals surface area (Å²) < 4.78 is 46.0. The van der Waals surface area contributed by atoms with Crippen molar-refractivity contribution < 1.29 is 22.7 Å². The van der Waals surface area contributed by atoms with Gasteiger partial charge in [0, 0.05) is 17.0 Å². The largest absolute Gasteiger partial charge is 0.456 e. The first-order chi connectivity index (χ1) is 13.2. The number of pyridine rings is 1. The summed E-state index contributed by atoms with van der Waals surface area (Å²) in [6.45, 7) is 0.350. The van der Waals surface area contributed by atoms with Gasteiger partial charge in [0.2, 0.25) is 0 Å². The van der Waals surface area contributed by atoms with Crippen molar-refractivity contribution >= 4 is 23.4 Å². The average Bonchev–Trinajstić information content (AvgIpc) is 2.66. The van der Waals surface area contributed by atoms with E-state index >= 15 is 0 Å². The highest BCUT2D eigenvalue weighted by Gasteiger charge is 2.47. The molecule has 0 radical (unpaired) electrons. The van der Waals surface area contributed by atoms with Crippen LogP contribution in [0.5, 0.6) is 0 Å². The van der Waals surface area contributed by atoms with Gasteiger partial charge in [-0.05, 0) is 30.7 Å². The number of ketones is 1. The standard InChI is InChI=1S/C19H17ClF3N3O2/c1-19(17(23)16(8-21)28-18(24)26-19)12-6-10(2-4-13(12)20)7-15(27)14-5-3-11(22)9-25-14/h2-6,9,16-17H,7-8H2,1H3,(H2,24,26)/t16-,17+,19-/m1/s1. The summed E-state index contributed by atoms with van der Waals surface area (Å²) in [5.74, 6) is -0.906. The number of carbonyl (C=O) groups is 1. The predicted octanol–water partition coefficient (Wildman–Crippen LogP) is 3.54. The molecule has 0 unspecified atom stereocenters. The minimum atomic E-state index is -1.84. The first kappa shape index (κ1) is 20.1. The second-order valence-corrected chi connectivity index (χ2v) is 6.99. The molecule has 1 aromatic carbocycles. The quantitative estimate of drug-likeness (QED) is 0.763. The van der Waals surface area contributed by atoms with Gasteiger partial charge >= 0.3 is 0 Å². The summed E-state index contributed by atoms with van der Waals surface area (Å²) in [7, 11) is 0. The van der Waals surface area contributed by atoms with E-state index in [0.29, 0.717) is 5.56 Å². The monoisotopic (exact) mass is 411 g/mol. The number of benzene rings is 1. The molecule has 1 aliphatic rings. The van der Waals surface area contributed by atoms with Crippen LogP contribution in [-0.2, 0) is 16.7 Å². The highest BCUT2D eigenvalue weighted by atomic mass is 35.5.